The lowest BCUT2D eigenvalue weighted by Gasteiger charge is -2.45. The van der Waals surface area contributed by atoms with Gasteiger partial charge in [-0.15, -0.1) is 0 Å². The zero-order valence-electron chi connectivity index (χ0n) is 11.1. The second kappa shape index (κ2) is 6.14. The maximum Gasteiger partial charge on any atom is 0.0897 e. The highest BCUT2D eigenvalue weighted by molar-refractivity contribution is 4.91. The molecular weight excluding hydrogens is 216 g/mol. The van der Waals surface area contributed by atoms with Crippen LogP contribution in [0.2, 0.25) is 0 Å². The van der Waals surface area contributed by atoms with E-state index in [1.54, 1.807) is 0 Å². The predicted octanol–water partition coefficient (Wildman–Crippen LogP) is 0.456. The number of piperidine rings is 3. The van der Waals surface area contributed by atoms with E-state index in [1.807, 2.05) is 13.8 Å². The second-order valence-electron chi connectivity index (χ2n) is 5.69. The lowest BCUT2D eigenvalue weighted by atomic mass is 9.84. The van der Waals surface area contributed by atoms with Gasteiger partial charge < -0.3 is 20.1 Å². The molecule has 0 saturated carbocycles. The first-order valence-corrected chi connectivity index (χ1v) is 6.90. The Morgan fingerprint density at radius 3 is 2.59 bits per heavy atom. The molecule has 0 amide bonds. The maximum atomic E-state index is 9.80. The highest BCUT2D eigenvalue weighted by Gasteiger charge is 2.33. The number of aliphatic hydroxyl groups excluding tert-OH is 1. The molecule has 2 atom stereocenters. The van der Waals surface area contributed by atoms with E-state index in [1.165, 1.54) is 25.9 Å². The monoisotopic (exact) mass is 242 g/mol. The minimum Gasteiger partial charge on any atom is -0.389 e. The summed E-state index contributed by atoms with van der Waals surface area (Å²) in [5.74, 6) is 0.818. The Hall–Kier alpha value is -0.160. The highest BCUT2D eigenvalue weighted by atomic mass is 16.5. The first-order chi connectivity index (χ1) is 8.15. The van der Waals surface area contributed by atoms with Crippen molar-refractivity contribution in [3.63, 3.8) is 0 Å². The average molecular weight is 242 g/mol. The molecule has 0 radical (unpaired) electrons. The molecule has 0 spiro atoms. The van der Waals surface area contributed by atoms with Crippen molar-refractivity contribution >= 4 is 0 Å². The van der Waals surface area contributed by atoms with Gasteiger partial charge in [-0.25, -0.2) is 0 Å². The third kappa shape index (κ3) is 3.91. The van der Waals surface area contributed by atoms with E-state index in [0.717, 1.165) is 12.5 Å². The number of nitrogens with zero attached hydrogens (tertiary/aromatic N) is 1. The first-order valence-electron chi connectivity index (χ1n) is 6.90. The van der Waals surface area contributed by atoms with Crippen LogP contribution >= 0.6 is 0 Å². The Bertz CT molecular complexity index is 227. The number of nitrogens with one attached hydrogen (secondary N) is 1. The van der Waals surface area contributed by atoms with Gasteiger partial charge >= 0.3 is 0 Å². The summed E-state index contributed by atoms with van der Waals surface area (Å²) < 4.78 is 5.41. The van der Waals surface area contributed by atoms with E-state index in [9.17, 15) is 5.11 Å². The maximum absolute atomic E-state index is 9.80. The van der Waals surface area contributed by atoms with Crippen LogP contribution in [0, 0.1) is 5.92 Å². The molecule has 2 N–H and O–H groups in total. The van der Waals surface area contributed by atoms with E-state index in [4.69, 9.17) is 4.74 Å². The van der Waals surface area contributed by atoms with Crippen molar-refractivity contribution < 1.29 is 9.84 Å². The van der Waals surface area contributed by atoms with Crippen LogP contribution in [0.5, 0.6) is 0 Å². The Kier molecular flexibility index (Phi) is 4.79. The van der Waals surface area contributed by atoms with Crippen molar-refractivity contribution in [2.75, 3.05) is 32.8 Å². The van der Waals surface area contributed by atoms with Crippen LogP contribution < -0.4 is 5.32 Å². The summed E-state index contributed by atoms with van der Waals surface area (Å²) in [7, 11) is 0. The Labute approximate surface area is 104 Å². The minimum atomic E-state index is -0.382. The molecule has 100 valence electrons. The standard InChI is InChI=1S/C13H26N2O2/c1-10(2)17-9-12(16)7-14-13-8-15-5-3-11(13)4-6-15/h10-14,16H,3-9H2,1-2H3. The second-order valence-corrected chi connectivity index (χ2v) is 5.69. The van der Waals surface area contributed by atoms with E-state index in [-0.39, 0.29) is 12.2 Å². The molecule has 4 heteroatoms. The fourth-order valence-corrected chi connectivity index (χ4v) is 2.85. The van der Waals surface area contributed by atoms with Crippen LogP contribution in [0.4, 0.5) is 0 Å². The summed E-state index contributed by atoms with van der Waals surface area (Å²) in [5, 5.41) is 13.3. The molecule has 0 aromatic heterocycles. The molecule has 3 fully saturated rings. The topological polar surface area (TPSA) is 44.7 Å². The lowest BCUT2D eigenvalue weighted by Crippen LogP contribution is -2.57. The van der Waals surface area contributed by atoms with Crippen molar-refractivity contribution in [1.29, 1.82) is 0 Å². The van der Waals surface area contributed by atoms with Crippen molar-refractivity contribution in [3.8, 4) is 0 Å². The number of aliphatic hydroxyl groups is 1. The number of hydrogen-bond donors (Lipinski definition) is 2. The summed E-state index contributed by atoms with van der Waals surface area (Å²) in [6.45, 7) is 8.76. The van der Waals surface area contributed by atoms with Gasteiger partial charge in [0.05, 0.1) is 18.8 Å². The van der Waals surface area contributed by atoms with Gasteiger partial charge in [0.25, 0.3) is 0 Å². The van der Waals surface area contributed by atoms with Crippen molar-refractivity contribution in [3.05, 3.63) is 0 Å². The van der Waals surface area contributed by atoms with E-state index in [0.29, 0.717) is 19.2 Å². The van der Waals surface area contributed by atoms with E-state index < -0.39 is 0 Å². The smallest absolute Gasteiger partial charge is 0.0897 e. The quantitative estimate of drug-likeness (QED) is 0.710. The molecule has 3 aliphatic heterocycles. The molecule has 0 aliphatic carbocycles. The van der Waals surface area contributed by atoms with Crippen molar-refractivity contribution in [2.45, 2.75) is 44.9 Å². The first kappa shape index (κ1) is 13.3. The van der Waals surface area contributed by atoms with E-state index >= 15 is 0 Å². The number of rotatable bonds is 6. The Morgan fingerprint density at radius 2 is 2.06 bits per heavy atom. The zero-order valence-corrected chi connectivity index (χ0v) is 11.1. The van der Waals surface area contributed by atoms with Gasteiger partial charge in [0.15, 0.2) is 0 Å². The third-order valence-electron chi connectivity index (χ3n) is 3.89. The molecule has 2 unspecified atom stereocenters. The number of fused-ring (bicyclic) bond motifs is 3. The third-order valence-corrected chi connectivity index (χ3v) is 3.89. The van der Waals surface area contributed by atoms with Crippen LogP contribution in [0.3, 0.4) is 0 Å². The van der Waals surface area contributed by atoms with Crippen LogP contribution in [0.1, 0.15) is 26.7 Å². The van der Waals surface area contributed by atoms with Crippen molar-refractivity contribution in [2.24, 2.45) is 5.92 Å². The molecule has 0 aromatic carbocycles. The summed E-state index contributed by atoms with van der Waals surface area (Å²) in [6.07, 6.45) is 2.45. The number of ether oxygens (including phenoxy) is 1. The van der Waals surface area contributed by atoms with Gasteiger partial charge in [-0.1, -0.05) is 0 Å². The van der Waals surface area contributed by atoms with Gasteiger partial charge in [0, 0.05) is 19.1 Å². The largest absolute Gasteiger partial charge is 0.389 e. The molecule has 3 heterocycles. The van der Waals surface area contributed by atoms with Gasteiger partial charge in [-0.05, 0) is 45.7 Å². The van der Waals surface area contributed by atoms with Gasteiger partial charge in [0.2, 0.25) is 0 Å². The normalized spacial score (nSPS) is 34.2. The lowest BCUT2D eigenvalue weighted by molar-refractivity contribution is 0.0000244. The molecule has 0 aromatic rings. The Balaban J connectivity index is 1.64. The molecule has 17 heavy (non-hydrogen) atoms. The summed E-state index contributed by atoms with van der Waals surface area (Å²) in [6, 6.07) is 0.575. The fourth-order valence-electron chi connectivity index (χ4n) is 2.85. The van der Waals surface area contributed by atoms with Crippen LogP contribution in [0.25, 0.3) is 0 Å². The summed E-state index contributed by atoms with van der Waals surface area (Å²) in [4.78, 5) is 2.52. The molecule has 3 aliphatic rings. The minimum absolute atomic E-state index is 0.196. The number of hydrogen-bond acceptors (Lipinski definition) is 4. The molecule has 4 nitrogen and oxygen atoms in total. The van der Waals surface area contributed by atoms with Crippen LogP contribution in [0.15, 0.2) is 0 Å². The molecule has 3 saturated heterocycles. The fraction of sp³-hybridized carbons (Fsp3) is 1.00. The van der Waals surface area contributed by atoms with E-state index in [2.05, 4.69) is 10.2 Å². The zero-order chi connectivity index (χ0) is 12.3. The molecule has 2 bridgehead atoms. The molecule has 3 rings (SSSR count). The predicted molar refractivity (Wildman–Crippen MR) is 68.0 cm³/mol. The van der Waals surface area contributed by atoms with Gasteiger partial charge in [0.1, 0.15) is 0 Å². The SMILES string of the molecule is CC(C)OCC(O)CNC1CN2CCC1CC2. The van der Waals surface area contributed by atoms with Crippen LogP contribution in [-0.4, -0.2) is 61.0 Å². The highest BCUT2D eigenvalue weighted by Crippen LogP contribution is 2.27. The average Bonchev–Trinajstić information content (AvgIpc) is 2.35. The summed E-state index contributed by atoms with van der Waals surface area (Å²) in [5.41, 5.74) is 0. The van der Waals surface area contributed by atoms with Crippen molar-refractivity contribution in [1.82, 2.24) is 10.2 Å². The van der Waals surface area contributed by atoms with Crippen LogP contribution in [-0.2, 0) is 4.74 Å². The Morgan fingerprint density at radius 1 is 1.35 bits per heavy atom. The summed E-state index contributed by atoms with van der Waals surface area (Å²) >= 11 is 0. The molecular formula is C13H26N2O2. The van der Waals surface area contributed by atoms with Gasteiger partial charge in [-0.3, -0.25) is 0 Å². The van der Waals surface area contributed by atoms with Gasteiger partial charge in [-0.2, -0.15) is 0 Å².